The highest BCUT2D eigenvalue weighted by atomic mass is 16.2. The number of carbonyl (C=O) groups excluding carboxylic acids is 2. The molecule has 0 aliphatic carbocycles. The molecule has 0 saturated carbocycles. The van der Waals surface area contributed by atoms with E-state index in [1.165, 1.54) is 9.47 Å². The lowest BCUT2D eigenvalue weighted by Crippen LogP contribution is -2.38. The average molecular weight is 424 g/mol. The van der Waals surface area contributed by atoms with Crippen LogP contribution in [0, 0.1) is 6.92 Å². The van der Waals surface area contributed by atoms with Crippen molar-refractivity contribution in [2.75, 3.05) is 0 Å². The van der Waals surface area contributed by atoms with Gasteiger partial charge in [0.05, 0.1) is 28.1 Å². The van der Waals surface area contributed by atoms with Crippen molar-refractivity contribution in [1.29, 1.82) is 0 Å². The number of aromatic nitrogens is 3. The zero-order valence-corrected chi connectivity index (χ0v) is 17.6. The molecule has 0 bridgehead atoms. The van der Waals surface area contributed by atoms with E-state index in [2.05, 4.69) is 4.98 Å². The maximum Gasteiger partial charge on any atom is 0.267 e. The molecule has 2 aromatic heterocycles. The maximum atomic E-state index is 13.6. The molecular formula is C25H20N4O3. The number of para-hydroxylation sites is 1. The predicted molar refractivity (Wildman–Crippen MR) is 120 cm³/mol. The normalized spacial score (nSPS) is 14.1. The van der Waals surface area contributed by atoms with Gasteiger partial charge in [-0.05, 0) is 49.7 Å². The van der Waals surface area contributed by atoms with Crippen molar-refractivity contribution in [3.63, 3.8) is 0 Å². The monoisotopic (exact) mass is 424 g/mol. The molecule has 2 amide bonds. The van der Waals surface area contributed by atoms with E-state index in [0.717, 1.165) is 5.69 Å². The summed E-state index contributed by atoms with van der Waals surface area (Å²) in [4.78, 5) is 50.5. The molecule has 1 aliphatic rings. The molecule has 0 unspecified atom stereocenters. The summed E-state index contributed by atoms with van der Waals surface area (Å²) in [6, 6.07) is 18.4. The number of nitrogens with zero attached hydrogens (tertiary/aromatic N) is 4. The van der Waals surface area contributed by atoms with Gasteiger partial charge in [-0.1, -0.05) is 37.3 Å². The summed E-state index contributed by atoms with van der Waals surface area (Å²) in [7, 11) is 0. The van der Waals surface area contributed by atoms with Crippen LogP contribution in [0.5, 0.6) is 0 Å². The molecule has 1 atom stereocenters. The van der Waals surface area contributed by atoms with Gasteiger partial charge < -0.3 is 0 Å². The van der Waals surface area contributed by atoms with Crippen molar-refractivity contribution in [3.8, 4) is 5.82 Å². The van der Waals surface area contributed by atoms with Gasteiger partial charge in [0.2, 0.25) is 0 Å². The Hall–Kier alpha value is -4.13. The number of amides is 2. The summed E-state index contributed by atoms with van der Waals surface area (Å²) in [6.07, 6.45) is 0.391. The number of rotatable bonds is 4. The Balaban J connectivity index is 1.78. The summed E-state index contributed by atoms with van der Waals surface area (Å²) >= 11 is 0. The molecule has 158 valence electrons. The predicted octanol–water partition coefficient (Wildman–Crippen LogP) is 3.84. The third-order valence-electron chi connectivity index (χ3n) is 5.73. The standard InChI is InChI=1S/C25H20N4O3/c1-3-20(28-23(30)16-10-4-5-11-17(16)24(28)31)22-27-19-13-7-6-12-18(19)25(32)29(22)21-14-8-9-15(2)26-21/h4-14,20H,3H2,1-2H3/t20-/m0/s1. The minimum absolute atomic E-state index is 0.293. The number of benzene rings is 2. The van der Waals surface area contributed by atoms with Gasteiger partial charge in [-0.2, -0.15) is 0 Å². The first kappa shape index (κ1) is 19.8. The SMILES string of the molecule is CC[C@@H](c1nc2ccccc2c(=O)n1-c1cccc(C)n1)N1C(=O)c2ccccc2C1=O. The van der Waals surface area contributed by atoms with Gasteiger partial charge in [0.25, 0.3) is 17.4 Å². The van der Waals surface area contributed by atoms with Crippen LogP contribution in [0.1, 0.15) is 51.6 Å². The van der Waals surface area contributed by atoms with Gasteiger partial charge in [0, 0.05) is 5.69 Å². The molecule has 0 radical (unpaired) electrons. The van der Waals surface area contributed by atoms with E-state index in [9.17, 15) is 14.4 Å². The Bertz CT molecular complexity index is 1420. The first-order valence-corrected chi connectivity index (χ1v) is 10.4. The summed E-state index contributed by atoms with van der Waals surface area (Å²) in [5.41, 5.74) is 1.67. The van der Waals surface area contributed by atoms with E-state index in [-0.39, 0.29) is 17.4 Å². The van der Waals surface area contributed by atoms with Crippen molar-refractivity contribution < 1.29 is 9.59 Å². The van der Waals surface area contributed by atoms with Gasteiger partial charge in [-0.25, -0.2) is 14.5 Å². The van der Waals surface area contributed by atoms with Crippen molar-refractivity contribution in [1.82, 2.24) is 19.4 Å². The highest BCUT2D eigenvalue weighted by Crippen LogP contribution is 2.33. The van der Waals surface area contributed by atoms with Crippen LogP contribution in [0.15, 0.2) is 71.5 Å². The summed E-state index contributed by atoms with van der Waals surface area (Å²) in [5, 5.41) is 0.441. The molecular weight excluding hydrogens is 404 g/mol. The van der Waals surface area contributed by atoms with Crippen LogP contribution in [-0.4, -0.2) is 31.2 Å². The minimum Gasteiger partial charge on any atom is -0.269 e. The number of pyridine rings is 1. The Kier molecular flexibility index (Phi) is 4.66. The van der Waals surface area contributed by atoms with Crippen molar-refractivity contribution in [3.05, 3.63) is 99.7 Å². The smallest absolute Gasteiger partial charge is 0.267 e. The molecule has 4 aromatic rings. The fraction of sp³-hybridized carbons (Fsp3) is 0.160. The molecule has 2 aromatic carbocycles. The molecule has 7 nitrogen and oxygen atoms in total. The van der Waals surface area contributed by atoms with E-state index in [1.54, 1.807) is 54.6 Å². The molecule has 0 N–H and O–H groups in total. The molecule has 0 fully saturated rings. The van der Waals surface area contributed by atoms with Crippen LogP contribution >= 0.6 is 0 Å². The Morgan fingerprint density at radius 3 is 2.12 bits per heavy atom. The average Bonchev–Trinajstić information content (AvgIpc) is 3.05. The molecule has 3 heterocycles. The molecule has 5 rings (SSSR count). The zero-order chi connectivity index (χ0) is 22.4. The van der Waals surface area contributed by atoms with Crippen LogP contribution < -0.4 is 5.56 Å². The van der Waals surface area contributed by atoms with Gasteiger partial charge in [0.15, 0.2) is 0 Å². The Labute approximate surface area is 184 Å². The van der Waals surface area contributed by atoms with E-state index in [1.807, 2.05) is 26.0 Å². The second kappa shape index (κ2) is 7.53. The summed E-state index contributed by atoms with van der Waals surface area (Å²) in [6.45, 7) is 3.70. The second-order valence-corrected chi connectivity index (χ2v) is 7.71. The number of carbonyl (C=O) groups is 2. The van der Waals surface area contributed by atoms with Gasteiger partial charge >= 0.3 is 0 Å². The number of hydrogen-bond acceptors (Lipinski definition) is 5. The quantitative estimate of drug-likeness (QED) is 0.465. The molecule has 0 saturated heterocycles. The lowest BCUT2D eigenvalue weighted by molar-refractivity contribution is 0.0568. The largest absolute Gasteiger partial charge is 0.269 e. The van der Waals surface area contributed by atoms with Crippen LogP contribution in [0.3, 0.4) is 0 Å². The fourth-order valence-corrected chi connectivity index (χ4v) is 4.22. The van der Waals surface area contributed by atoms with Crippen molar-refractivity contribution in [2.24, 2.45) is 0 Å². The lowest BCUT2D eigenvalue weighted by atomic mass is 10.1. The van der Waals surface area contributed by atoms with Crippen LogP contribution in [-0.2, 0) is 0 Å². The highest BCUT2D eigenvalue weighted by molar-refractivity contribution is 6.21. The maximum absolute atomic E-state index is 13.6. The van der Waals surface area contributed by atoms with Gasteiger partial charge in [-0.15, -0.1) is 0 Å². The first-order valence-electron chi connectivity index (χ1n) is 10.4. The minimum atomic E-state index is -0.734. The number of aryl methyl sites for hydroxylation is 1. The molecule has 32 heavy (non-hydrogen) atoms. The third kappa shape index (κ3) is 2.93. The summed E-state index contributed by atoms with van der Waals surface area (Å²) < 4.78 is 1.42. The summed E-state index contributed by atoms with van der Waals surface area (Å²) in [5.74, 6) is -0.0608. The van der Waals surface area contributed by atoms with E-state index >= 15 is 0 Å². The number of hydrogen-bond donors (Lipinski definition) is 0. The van der Waals surface area contributed by atoms with E-state index < -0.39 is 6.04 Å². The first-order chi connectivity index (χ1) is 15.5. The highest BCUT2D eigenvalue weighted by Gasteiger charge is 2.41. The van der Waals surface area contributed by atoms with Crippen LogP contribution in [0.4, 0.5) is 0 Å². The Morgan fingerprint density at radius 1 is 0.812 bits per heavy atom. The lowest BCUT2D eigenvalue weighted by Gasteiger charge is -2.27. The molecule has 7 heteroatoms. The van der Waals surface area contributed by atoms with Crippen molar-refractivity contribution in [2.45, 2.75) is 26.3 Å². The third-order valence-corrected chi connectivity index (χ3v) is 5.73. The second-order valence-electron chi connectivity index (χ2n) is 7.71. The number of imide groups is 1. The topological polar surface area (TPSA) is 85.2 Å². The fourth-order valence-electron chi connectivity index (χ4n) is 4.22. The van der Waals surface area contributed by atoms with E-state index in [0.29, 0.717) is 40.1 Å². The van der Waals surface area contributed by atoms with Crippen LogP contribution in [0.2, 0.25) is 0 Å². The Morgan fingerprint density at radius 2 is 1.47 bits per heavy atom. The van der Waals surface area contributed by atoms with Gasteiger partial charge in [0.1, 0.15) is 11.6 Å². The zero-order valence-electron chi connectivity index (χ0n) is 17.6. The van der Waals surface area contributed by atoms with Gasteiger partial charge in [-0.3, -0.25) is 19.3 Å². The van der Waals surface area contributed by atoms with E-state index in [4.69, 9.17) is 4.98 Å². The van der Waals surface area contributed by atoms with Crippen molar-refractivity contribution >= 4 is 22.7 Å². The number of fused-ring (bicyclic) bond motifs is 2. The molecule has 1 aliphatic heterocycles. The molecule has 0 spiro atoms. The van der Waals surface area contributed by atoms with Crippen LogP contribution in [0.25, 0.3) is 16.7 Å².